The Labute approximate surface area is 216 Å². The quantitative estimate of drug-likeness (QED) is 0.165. The van der Waals surface area contributed by atoms with Crippen LogP contribution in [0.2, 0.25) is 0 Å². The first kappa shape index (κ1) is 27.9. The van der Waals surface area contributed by atoms with Crippen molar-refractivity contribution in [1.29, 1.82) is 0 Å². The molecule has 2 saturated heterocycles. The molecule has 2 rings (SSSR count). The molecule has 4 unspecified atom stereocenters. The van der Waals surface area contributed by atoms with Crippen LogP contribution < -0.4 is 0 Å². The molecule has 2 nitrogen and oxygen atoms in total. The fourth-order valence-corrected chi connectivity index (χ4v) is 14.3. The number of unbranched alkanes of at least 4 members (excludes halogenated alkanes) is 1. The van der Waals surface area contributed by atoms with Gasteiger partial charge in [-0.3, -0.25) is 9.59 Å². The number of hydrogen-bond acceptors (Lipinski definition) is 10. The van der Waals surface area contributed by atoms with E-state index in [1.807, 2.05) is 0 Å². The molecule has 0 aromatic heterocycles. The highest BCUT2D eigenvalue weighted by Crippen LogP contribution is 2.42. The summed E-state index contributed by atoms with van der Waals surface area (Å²) in [6.07, 6.45) is 5.44. The van der Waals surface area contributed by atoms with Gasteiger partial charge in [-0.15, -0.1) is 47.0 Å². The van der Waals surface area contributed by atoms with E-state index in [0.29, 0.717) is 19.7 Å². The third-order valence-corrected chi connectivity index (χ3v) is 16.3. The number of hydrogen-bond donors (Lipinski definition) is 0. The predicted molar refractivity (Wildman–Crippen MR) is 154 cm³/mol. The fourth-order valence-electron chi connectivity index (χ4n) is 2.60. The van der Waals surface area contributed by atoms with Crippen LogP contribution in [0.3, 0.4) is 0 Å². The zero-order chi connectivity index (χ0) is 21.6. The molecule has 0 N–H and O–H groups in total. The molecule has 0 aromatic carbocycles. The summed E-state index contributed by atoms with van der Waals surface area (Å²) in [6, 6.07) is 0. The number of carbonyl (C=O) groups is 2. The predicted octanol–water partition coefficient (Wildman–Crippen LogP) is 6.47. The van der Waals surface area contributed by atoms with E-state index in [2.05, 4.69) is 83.7 Å². The van der Waals surface area contributed by atoms with Crippen molar-refractivity contribution < 1.29 is 9.59 Å². The van der Waals surface area contributed by atoms with E-state index in [9.17, 15) is 9.59 Å². The molecule has 4 atom stereocenters. The van der Waals surface area contributed by atoms with Gasteiger partial charge in [0.05, 0.1) is 9.16 Å². The zero-order valence-electron chi connectivity index (χ0n) is 17.0. The van der Waals surface area contributed by atoms with Gasteiger partial charge in [0, 0.05) is 45.0 Å². The van der Waals surface area contributed by atoms with Crippen molar-refractivity contribution in [3.05, 3.63) is 25.3 Å². The minimum atomic E-state index is 0.0974. The molecule has 0 saturated carbocycles. The average molecular weight is 559 g/mol. The van der Waals surface area contributed by atoms with E-state index >= 15 is 0 Å². The lowest BCUT2D eigenvalue weighted by Gasteiger charge is -2.10. The number of rotatable bonds is 15. The standard InChI is InChI=1S/C20H30O2S8/c1-3-17(21)25-9-15-11-27-19(29-15)13-23-7-5-6-8-24-14-20-28-12-16(30-20)10-26-18(22)4-2/h3-4,15-16,19-20H,1-2,5-14H2. The highest BCUT2D eigenvalue weighted by atomic mass is 32.2. The van der Waals surface area contributed by atoms with Crippen LogP contribution in [0.15, 0.2) is 25.3 Å². The van der Waals surface area contributed by atoms with E-state index in [1.165, 1.54) is 83.0 Å². The minimum Gasteiger partial charge on any atom is -0.282 e. The maximum Gasteiger partial charge on any atom is 0.211 e. The lowest BCUT2D eigenvalue weighted by atomic mass is 10.4. The summed E-state index contributed by atoms with van der Waals surface area (Å²) >= 11 is 15.2. The van der Waals surface area contributed by atoms with Gasteiger partial charge in [0.1, 0.15) is 0 Å². The Morgan fingerprint density at radius 2 is 1.20 bits per heavy atom. The maximum absolute atomic E-state index is 11.3. The van der Waals surface area contributed by atoms with Crippen LogP contribution in [0, 0.1) is 0 Å². The van der Waals surface area contributed by atoms with E-state index in [-0.39, 0.29) is 10.2 Å². The van der Waals surface area contributed by atoms with Gasteiger partial charge in [0.2, 0.25) is 10.2 Å². The Hall–Kier alpha value is 1.62. The van der Waals surface area contributed by atoms with E-state index in [1.54, 1.807) is 0 Å². The Kier molecular flexibility index (Phi) is 15.9. The third kappa shape index (κ3) is 12.2. The molecule has 2 aliphatic heterocycles. The normalized spacial score (nSPS) is 26.0. The van der Waals surface area contributed by atoms with Gasteiger partial charge >= 0.3 is 0 Å². The van der Waals surface area contributed by atoms with Crippen molar-refractivity contribution >= 4 is 104 Å². The Balaban J connectivity index is 1.38. The summed E-state index contributed by atoms with van der Waals surface area (Å²) < 4.78 is 1.39. The highest BCUT2D eigenvalue weighted by molar-refractivity contribution is 8.23. The maximum atomic E-state index is 11.3. The Morgan fingerprint density at radius 1 is 0.767 bits per heavy atom. The molecule has 30 heavy (non-hydrogen) atoms. The van der Waals surface area contributed by atoms with Crippen molar-refractivity contribution in [3.8, 4) is 0 Å². The molecule has 0 aromatic rings. The Morgan fingerprint density at radius 3 is 1.60 bits per heavy atom. The lowest BCUT2D eigenvalue weighted by Crippen LogP contribution is -2.07. The second kappa shape index (κ2) is 17.1. The molecule has 2 fully saturated rings. The number of thioether (sulfide) groups is 8. The van der Waals surface area contributed by atoms with Crippen LogP contribution in [0.4, 0.5) is 0 Å². The highest BCUT2D eigenvalue weighted by Gasteiger charge is 2.27. The average Bonchev–Trinajstić information content (AvgIpc) is 3.41. The van der Waals surface area contributed by atoms with Gasteiger partial charge in [-0.25, -0.2) is 0 Å². The topological polar surface area (TPSA) is 34.1 Å². The zero-order valence-corrected chi connectivity index (χ0v) is 23.6. The van der Waals surface area contributed by atoms with Crippen LogP contribution in [-0.2, 0) is 9.59 Å². The monoisotopic (exact) mass is 558 g/mol. The van der Waals surface area contributed by atoms with Gasteiger partial charge in [0.25, 0.3) is 0 Å². The van der Waals surface area contributed by atoms with Crippen LogP contribution in [0.1, 0.15) is 12.8 Å². The molecule has 170 valence electrons. The molecule has 0 spiro atoms. The van der Waals surface area contributed by atoms with E-state index < -0.39 is 0 Å². The van der Waals surface area contributed by atoms with Gasteiger partial charge in [0.15, 0.2) is 0 Å². The summed E-state index contributed by atoms with van der Waals surface area (Å²) in [5, 5.41) is 1.41. The van der Waals surface area contributed by atoms with Crippen molar-refractivity contribution in [2.75, 3.05) is 46.0 Å². The van der Waals surface area contributed by atoms with Crippen molar-refractivity contribution in [2.45, 2.75) is 32.5 Å². The van der Waals surface area contributed by atoms with Crippen LogP contribution in [0.25, 0.3) is 0 Å². The summed E-state index contributed by atoms with van der Waals surface area (Å²) in [4.78, 5) is 22.6. The fraction of sp³-hybridized carbons (Fsp3) is 0.700. The van der Waals surface area contributed by atoms with Gasteiger partial charge in [-0.05, 0) is 36.5 Å². The summed E-state index contributed by atoms with van der Waals surface area (Å²) in [5.41, 5.74) is 0. The SMILES string of the molecule is C=CC(=O)SCC1CSC(CSCCCCSCC2SCC(CSC(=O)C=C)S2)S1. The van der Waals surface area contributed by atoms with Gasteiger partial charge in [-0.1, -0.05) is 36.7 Å². The first-order valence-electron chi connectivity index (χ1n) is 9.88. The van der Waals surface area contributed by atoms with E-state index in [0.717, 1.165) is 11.5 Å². The molecule has 0 bridgehead atoms. The minimum absolute atomic E-state index is 0.0974. The van der Waals surface area contributed by atoms with Crippen molar-refractivity contribution in [3.63, 3.8) is 0 Å². The van der Waals surface area contributed by atoms with Crippen LogP contribution >= 0.6 is 94.1 Å². The smallest absolute Gasteiger partial charge is 0.211 e. The van der Waals surface area contributed by atoms with Gasteiger partial charge in [-0.2, -0.15) is 23.5 Å². The van der Waals surface area contributed by atoms with E-state index in [4.69, 9.17) is 0 Å². The first-order valence-corrected chi connectivity index (χ1v) is 18.1. The summed E-state index contributed by atoms with van der Waals surface area (Å²) in [7, 11) is 0. The van der Waals surface area contributed by atoms with Crippen LogP contribution in [-0.4, -0.2) is 75.9 Å². The molecule has 2 heterocycles. The molecule has 2 aliphatic rings. The molecule has 0 aliphatic carbocycles. The summed E-state index contributed by atoms with van der Waals surface area (Å²) in [6.45, 7) is 7.06. The largest absolute Gasteiger partial charge is 0.282 e. The summed E-state index contributed by atoms with van der Waals surface area (Å²) in [5.74, 6) is 9.16. The second-order valence-corrected chi connectivity index (χ2v) is 17.0. The molecule has 10 heteroatoms. The van der Waals surface area contributed by atoms with Gasteiger partial charge < -0.3 is 0 Å². The second-order valence-electron chi connectivity index (χ2n) is 6.57. The lowest BCUT2D eigenvalue weighted by molar-refractivity contribution is -0.107. The molecular formula is C20H30O2S8. The molecular weight excluding hydrogens is 529 g/mol. The van der Waals surface area contributed by atoms with Crippen molar-refractivity contribution in [1.82, 2.24) is 0 Å². The third-order valence-electron chi connectivity index (χ3n) is 4.12. The molecule has 0 amide bonds. The number of carbonyl (C=O) groups excluding carboxylic acids is 2. The van der Waals surface area contributed by atoms with Crippen LogP contribution in [0.5, 0.6) is 0 Å². The Bertz CT molecular complexity index is 511. The first-order chi connectivity index (χ1) is 14.6. The van der Waals surface area contributed by atoms with Crippen molar-refractivity contribution in [2.24, 2.45) is 0 Å². The molecule has 0 radical (unpaired) electrons.